The number of anilines is 1. The molecule has 0 bridgehead atoms. The molecule has 1 fully saturated rings. The first kappa shape index (κ1) is 16.2. The summed E-state index contributed by atoms with van der Waals surface area (Å²) in [7, 11) is 0. The highest BCUT2D eigenvalue weighted by Crippen LogP contribution is 2.20. The smallest absolute Gasteiger partial charge is 0.128 e. The molecule has 1 saturated heterocycles. The normalized spacial score (nSPS) is 19.8. The predicted molar refractivity (Wildman–Crippen MR) is 87.7 cm³/mol. The molecule has 1 aliphatic heterocycles. The largest absolute Gasteiger partial charge is 0.377 e. The van der Waals surface area contributed by atoms with Gasteiger partial charge in [-0.2, -0.15) is 0 Å². The number of pyridine rings is 1. The van der Waals surface area contributed by atoms with Gasteiger partial charge in [-0.1, -0.05) is 6.07 Å². The van der Waals surface area contributed by atoms with Crippen LogP contribution < -0.4 is 10.2 Å². The van der Waals surface area contributed by atoms with Crippen LogP contribution in [-0.4, -0.2) is 36.3 Å². The maximum Gasteiger partial charge on any atom is 0.128 e. The Morgan fingerprint density at radius 2 is 2.19 bits per heavy atom. The van der Waals surface area contributed by atoms with Crippen molar-refractivity contribution in [2.24, 2.45) is 0 Å². The first-order chi connectivity index (χ1) is 9.98. The quantitative estimate of drug-likeness (QED) is 0.905. The third-order valence-corrected chi connectivity index (χ3v) is 3.70. The van der Waals surface area contributed by atoms with Gasteiger partial charge >= 0.3 is 0 Å². The first-order valence-electron chi connectivity index (χ1n) is 8.05. The molecule has 2 heterocycles. The fraction of sp³-hybridized carbons (Fsp3) is 0.706. The van der Waals surface area contributed by atoms with Crippen LogP contribution in [0.4, 0.5) is 5.82 Å². The van der Waals surface area contributed by atoms with Crippen LogP contribution in [0.1, 0.15) is 46.2 Å². The summed E-state index contributed by atoms with van der Waals surface area (Å²) in [6.07, 6.45) is 2.69. The Bertz CT molecular complexity index is 440. The Hall–Kier alpha value is -1.13. The molecule has 1 atom stereocenters. The Morgan fingerprint density at radius 1 is 1.38 bits per heavy atom. The van der Waals surface area contributed by atoms with Crippen molar-refractivity contribution in [3.63, 3.8) is 0 Å². The number of hydrogen-bond donors (Lipinski definition) is 1. The summed E-state index contributed by atoms with van der Waals surface area (Å²) in [6.45, 7) is 12.2. The fourth-order valence-electron chi connectivity index (χ4n) is 2.62. The zero-order valence-corrected chi connectivity index (χ0v) is 13.9. The van der Waals surface area contributed by atoms with Gasteiger partial charge in [0.25, 0.3) is 0 Å². The Kier molecular flexibility index (Phi) is 5.59. The molecule has 0 aliphatic carbocycles. The van der Waals surface area contributed by atoms with Crippen molar-refractivity contribution in [2.45, 2.75) is 58.7 Å². The number of rotatable bonds is 5. The minimum atomic E-state index is 0.114. The minimum absolute atomic E-state index is 0.114. The van der Waals surface area contributed by atoms with Crippen LogP contribution in [0, 0.1) is 0 Å². The van der Waals surface area contributed by atoms with Gasteiger partial charge in [0, 0.05) is 31.8 Å². The molecular weight excluding hydrogens is 262 g/mol. The van der Waals surface area contributed by atoms with Crippen molar-refractivity contribution in [3.8, 4) is 0 Å². The van der Waals surface area contributed by atoms with Crippen molar-refractivity contribution < 1.29 is 4.74 Å². The van der Waals surface area contributed by atoms with Crippen molar-refractivity contribution in [3.05, 3.63) is 23.9 Å². The second-order valence-electron chi connectivity index (χ2n) is 6.76. The van der Waals surface area contributed by atoms with Crippen LogP contribution in [0.5, 0.6) is 0 Å². The van der Waals surface area contributed by atoms with E-state index in [0.29, 0.717) is 6.10 Å². The molecule has 1 aromatic rings. The standard InChI is InChI=1S/C17H29N3O/c1-5-21-15-9-7-11-20(13-15)16-10-6-8-14(19-16)12-18-17(2,3)4/h6,8,10,15,18H,5,7,9,11-13H2,1-4H3. The highest BCUT2D eigenvalue weighted by Gasteiger charge is 2.21. The fourth-order valence-corrected chi connectivity index (χ4v) is 2.62. The summed E-state index contributed by atoms with van der Waals surface area (Å²) in [5, 5.41) is 3.49. The van der Waals surface area contributed by atoms with E-state index in [2.05, 4.69) is 56.1 Å². The van der Waals surface area contributed by atoms with Gasteiger partial charge in [0.1, 0.15) is 5.82 Å². The van der Waals surface area contributed by atoms with Gasteiger partial charge in [-0.3, -0.25) is 0 Å². The minimum Gasteiger partial charge on any atom is -0.377 e. The third kappa shape index (κ3) is 5.29. The van der Waals surface area contributed by atoms with Crippen LogP contribution in [0.15, 0.2) is 18.2 Å². The summed E-state index contributed by atoms with van der Waals surface area (Å²) in [4.78, 5) is 7.15. The van der Waals surface area contributed by atoms with E-state index in [1.165, 1.54) is 6.42 Å². The molecule has 0 aromatic carbocycles. The molecule has 0 amide bonds. The van der Waals surface area contributed by atoms with E-state index in [4.69, 9.17) is 9.72 Å². The maximum atomic E-state index is 5.78. The van der Waals surface area contributed by atoms with Crippen LogP contribution in [0.2, 0.25) is 0 Å². The summed E-state index contributed by atoms with van der Waals surface area (Å²) in [6, 6.07) is 6.30. The van der Waals surface area contributed by atoms with Gasteiger partial charge in [-0.05, 0) is 52.7 Å². The number of aromatic nitrogens is 1. The summed E-state index contributed by atoms with van der Waals surface area (Å²) in [5.74, 6) is 1.08. The van der Waals surface area contributed by atoms with Gasteiger partial charge in [0.05, 0.1) is 11.8 Å². The number of hydrogen-bond acceptors (Lipinski definition) is 4. The summed E-state index contributed by atoms with van der Waals surface area (Å²) >= 11 is 0. The number of nitrogens with zero attached hydrogens (tertiary/aromatic N) is 2. The molecule has 0 spiro atoms. The van der Waals surface area contributed by atoms with Crippen LogP contribution in [-0.2, 0) is 11.3 Å². The van der Waals surface area contributed by atoms with Crippen molar-refractivity contribution in [2.75, 3.05) is 24.6 Å². The zero-order chi connectivity index (χ0) is 15.3. The molecular formula is C17H29N3O. The number of ether oxygens (including phenoxy) is 1. The summed E-state index contributed by atoms with van der Waals surface area (Å²) in [5.41, 5.74) is 1.21. The second-order valence-corrected chi connectivity index (χ2v) is 6.76. The lowest BCUT2D eigenvalue weighted by Crippen LogP contribution is -2.40. The van der Waals surface area contributed by atoms with Gasteiger partial charge in [0.2, 0.25) is 0 Å². The van der Waals surface area contributed by atoms with E-state index < -0.39 is 0 Å². The van der Waals surface area contributed by atoms with Crippen LogP contribution in [0.25, 0.3) is 0 Å². The van der Waals surface area contributed by atoms with Crippen molar-refractivity contribution in [1.29, 1.82) is 0 Å². The molecule has 1 aliphatic rings. The lowest BCUT2D eigenvalue weighted by Gasteiger charge is -2.33. The molecule has 4 nitrogen and oxygen atoms in total. The van der Waals surface area contributed by atoms with Gasteiger partial charge in [-0.15, -0.1) is 0 Å². The third-order valence-electron chi connectivity index (χ3n) is 3.70. The van der Waals surface area contributed by atoms with Gasteiger partial charge in [0.15, 0.2) is 0 Å². The van der Waals surface area contributed by atoms with Gasteiger partial charge < -0.3 is 15.0 Å². The highest BCUT2D eigenvalue weighted by molar-refractivity contribution is 5.40. The molecule has 4 heteroatoms. The Balaban J connectivity index is 1.99. The van der Waals surface area contributed by atoms with Crippen LogP contribution >= 0.6 is 0 Å². The molecule has 2 rings (SSSR count). The van der Waals surface area contributed by atoms with E-state index in [-0.39, 0.29) is 5.54 Å². The Labute approximate surface area is 128 Å². The monoisotopic (exact) mass is 291 g/mol. The van der Waals surface area contributed by atoms with Gasteiger partial charge in [-0.25, -0.2) is 4.98 Å². The maximum absolute atomic E-state index is 5.78. The first-order valence-corrected chi connectivity index (χ1v) is 8.05. The van der Waals surface area contributed by atoms with Crippen LogP contribution in [0.3, 0.4) is 0 Å². The molecule has 1 unspecified atom stereocenters. The average molecular weight is 291 g/mol. The molecule has 0 saturated carbocycles. The Morgan fingerprint density at radius 3 is 2.90 bits per heavy atom. The molecule has 1 N–H and O–H groups in total. The van der Waals surface area contributed by atoms with E-state index in [1.807, 2.05) is 0 Å². The lowest BCUT2D eigenvalue weighted by molar-refractivity contribution is 0.0525. The topological polar surface area (TPSA) is 37.4 Å². The number of piperidine rings is 1. The number of nitrogens with one attached hydrogen (secondary N) is 1. The van der Waals surface area contributed by atoms with E-state index in [1.54, 1.807) is 0 Å². The van der Waals surface area contributed by atoms with E-state index in [0.717, 1.165) is 44.2 Å². The molecule has 21 heavy (non-hydrogen) atoms. The SMILES string of the molecule is CCOC1CCCN(c2cccc(CNC(C)(C)C)n2)C1. The molecule has 1 aromatic heterocycles. The van der Waals surface area contributed by atoms with E-state index >= 15 is 0 Å². The lowest BCUT2D eigenvalue weighted by atomic mass is 10.1. The van der Waals surface area contributed by atoms with Crippen molar-refractivity contribution >= 4 is 5.82 Å². The van der Waals surface area contributed by atoms with E-state index in [9.17, 15) is 0 Å². The molecule has 0 radical (unpaired) electrons. The second kappa shape index (κ2) is 7.23. The molecule has 118 valence electrons. The summed E-state index contributed by atoms with van der Waals surface area (Å²) < 4.78 is 5.78. The van der Waals surface area contributed by atoms with Crippen molar-refractivity contribution in [1.82, 2.24) is 10.3 Å². The highest BCUT2D eigenvalue weighted by atomic mass is 16.5. The predicted octanol–water partition coefficient (Wildman–Crippen LogP) is 2.98. The zero-order valence-electron chi connectivity index (χ0n) is 13.9. The average Bonchev–Trinajstić information content (AvgIpc) is 2.45.